The Morgan fingerprint density at radius 3 is 2.88 bits per heavy atom. The molecule has 0 saturated carbocycles. The minimum atomic E-state index is -0.163. The van der Waals surface area contributed by atoms with Gasteiger partial charge < -0.3 is 20.7 Å². The summed E-state index contributed by atoms with van der Waals surface area (Å²) in [6, 6.07) is 8.01. The number of carbonyl (C=O) groups is 1. The molecule has 9 nitrogen and oxygen atoms in total. The van der Waals surface area contributed by atoms with Gasteiger partial charge in [0.1, 0.15) is 0 Å². The molecule has 1 aromatic carbocycles. The Morgan fingerprint density at radius 1 is 1.29 bits per heavy atom. The third kappa shape index (κ3) is 6.12. The molecule has 180 valence electrons. The molecule has 2 aromatic heterocycles. The highest BCUT2D eigenvalue weighted by Crippen LogP contribution is 2.23. The average molecular weight is 528 g/mol. The quantitative estimate of drug-likeness (QED) is 0.280. The maximum Gasteiger partial charge on any atom is 0.248 e. The zero-order chi connectivity index (χ0) is 23.9. The number of nitrogens with zero attached hydrogens (tertiary/aromatic N) is 4. The van der Waals surface area contributed by atoms with E-state index >= 15 is 0 Å². The molecule has 1 fully saturated rings. The van der Waals surface area contributed by atoms with Crippen LogP contribution in [0.3, 0.4) is 0 Å². The van der Waals surface area contributed by atoms with Crippen LogP contribution in [0.4, 0.5) is 17.6 Å². The van der Waals surface area contributed by atoms with Crippen LogP contribution in [0, 0.1) is 0 Å². The Morgan fingerprint density at radius 2 is 2.12 bits per heavy atom. The van der Waals surface area contributed by atoms with E-state index in [9.17, 15) is 4.79 Å². The molecule has 10 heteroatoms. The summed E-state index contributed by atoms with van der Waals surface area (Å²) >= 11 is 3.27. The number of carbonyl (C=O) groups excluding carboxylic acids is 1. The molecule has 3 heterocycles. The lowest BCUT2D eigenvalue weighted by molar-refractivity contribution is -0.111. The number of allylic oxidation sites excluding steroid dienone is 1. The van der Waals surface area contributed by atoms with Crippen LogP contribution in [0.2, 0.25) is 0 Å². The molecule has 34 heavy (non-hydrogen) atoms. The second kappa shape index (κ2) is 11.4. The van der Waals surface area contributed by atoms with Gasteiger partial charge in [-0.1, -0.05) is 48.0 Å². The molecule has 1 aliphatic rings. The standard InChI is InChI=1S/C24H30BrN7O2/c1-16(2)20-15-27-32-22(20)30-23(29-18-8-11-34-12-9-18)31-24(32)26-14-17-5-3-6-19(13-17)28-21(33)7-4-10-25/h3-7,13,15-16,18H,8-12,14H2,1-2H3,(H,28,33)(H2,26,29,30,31)/b7-4+. The van der Waals surface area contributed by atoms with Crippen molar-refractivity contribution in [1.82, 2.24) is 19.6 Å². The third-order valence-electron chi connectivity index (χ3n) is 5.58. The van der Waals surface area contributed by atoms with Crippen LogP contribution < -0.4 is 16.0 Å². The molecule has 1 saturated heterocycles. The Hall–Kier alpha value is -2.98. The first-order valence-electron chi connectivity index (χ1n) is 11.5. The van der Waals surface area contributed by atoms with Gasteiger partial charge in [0.15, 0.2) is 5.65 Å². The summed E-state index contributed by atoms with van der Waals surface area (Å²) in [5.74, 6) is 1.32. The summed E-state index contributed by atoms with van der Waals surface area (Å²) in [6.07, 6.45) is 6.97. The smallest absolute Gasteiger partial charge is 0.248 e. The lowest BCUT2D eigenvalue weighted by Gasteiger charge is -2.23. The minimum Gasteiger partial charge on any atom is -0.381 e. The number of anilines is 3. The van der Waals surface area contributed by atoms with Gasteiger partial charge in [-0.2, -0.15) is 19.6 Å². The van der Waals surface area contributed by atoms with Crippen molar-refractivity contribution in [2.75, 3.05) is 34.5 Å². The average Bonchev–Trinajstić information content (AvgIpc) is 3.26. The van der Waals surface area contributed by atoms with Crippen molar-refractivity contribution in [3.05, 3.63) is 53.7 Å². The van der Waals surface area contributed by atoms with Gasteiger partial charge in [-0.3, -0.25) is 4.79 Å². The Bertz CT molecular complexity index is 1160. The van der Waals surface area contributed by atoms with Crippen molar-refractivity contribution in [3.63, 3.8) is 0 Å². The topological polar surface area (TPSA) is 105 Å². The van der Waals surface area contributed by atoms with Gasteiger partial charge in [0.25, 0.3) is 0 Å². The first kappa shape index (κ1) is 24.2. The molecule has 4 rings (SSSR count). The largest absolute Gasteiger partial charge is 0.381 e. The Kier molecular flexibility index (Phi) is 8.12. The van der Waals surface area contributed by atoms with E-state index in [0.29, 0.717) is 23.8 Å². The van der Waals surface area contributed by atoms with E-state index in [-0.39, 0.29) is 17.9 Å². The van der Waals surface area contributed by atoms with Gasteiger partial charge in [-0.05, 0) is 36.5 Å². The van der Waals surface area contributed by atoms with Crippen LogP contribution in [0.15, 0.2) is 42.6 Å². The highest BCUT2D eigenvalue weighted by Gasteiger charge is 2.19. The number of hydrogen-bond acceptors (Lipinski definition) is 7. The summed E-state index contributed by atoms with van der Waals surface area (Å²) in [6.45, 7) is 6.26. The first-order chi connectivity index (χ1) is 16.5. The van der Waals surface area contributed by atoms with E-state index in [1.807, 2.05) is 30.5 Å². The minimum absolute atomic E-state index is 0.163. The number of aromatic nitrogens is 4. The lowest BCUT2D eigenvalue weighted by atomic mass is 10.1. The highest BCUT2D eigenvalue weighted by molar-refractivity contribution is 9.09. The van der Waals surface area contributed by atoms with Gasteiger partial charge >= 0.3 is 0 Å². The Balaban J connectivity index is 1.54. The SMILES string of the molecule is CC(C)c1cnn2c(NCc3cccc(NC(=O)/C=C/CBr)c3)nc(NC3CCOCC3)nc12. The van der Waals surface area contributed by atoms with E-state index in [0.717, 1.165) is 48.5 Å². The number of fused-ring (bicyclic) bond motifs is 1. The predicted octanol–water partition coefficient (Wildman–Crippen LogP) is 4.34. The monoisotopic (exact) mass is 527 g/mol. The molecule has 1 aliphatic heterocycles. The molecule has 3 aromatic rings. The number of alkyl halides is 1. The van der Waals surface area contributed by atoms with Crippen molar-refractivity contribution in [2.24, 2.45) is 0 Å². The van der Waals surface area contributed by atoms with Crippen molar-refractivity contribution < 1.29 is 9.53 Å². The van der Waals surface area contributed by atoms with Crippen LogP contribution >= 0.6 is 15.9 Å². The molecule has 0 bridgehead atoms. The summed E-state index contributed by atoms with van der Waals surface area (Å²) in [7, 11) is 0. The zero-order valence-electron chi connectivity index (χ0n) is 19.4. The normalized spacial score (nSPS) is 14.7. The van der Waals surface area contributed by atoms with Crippen molar-refractivity contribution in [3.8, 4) is 0 Å². The molecule has 0 radical (unpaired) electrons. The van der Waals surface area contributed by atoms with E-state index in [4.69, 9.17) is 14.7 Å². The van der Waals surface area contributed by atoms with Crippen LogP contribution in [-0.2, 0) is 16.1 Å². The van der Waals surface area contributed by atoms with Gasteiger partial charge in [0.2, 0.25) is 17.8 Å². The second-order valence-electron chi connectivity index (χ2n) is 8.49. The van der Waals surface area contributed by atoms with Crippen LogP contribution in [-0.4, -0.2) is 50.1 Å². The number of nitrogens with one attached hydrogen (secondary N) is 3. The summed E-state index contributed by atoms with van der Waals surface area (Å²) in [4.78, 5) is 21.5. The second-order valence-corrected chi connectivity index (χ2v) is 9.14. The fourth-order valence-corrected chi connectivity index (χ4v) is 3.97. The third-order valence-corrected chi connectivity index (χ3v) is 5.95. The van der Waals surface area contributed by atoms with E-state index in [1.54, 1.807) is 10.6 Å². The predicted molar refractivity (Wildman–Crippen MR) is 138 cm³/mol. The number of amides is 1. The number of hydrogen-bond donors (Lipinski definition) is 3. The van der Waals surface area contributed by atoms with Crippen LogP contribution in [0.5, 0.6) is 0 Å². The van der Waals surface area contributed by atoms with Gasteiger partial charge in [0.05, 0.1) is 6.20 Å². The van der Waals surface area contributed by atoms with E-state index < -0.39 is 0 Å². The zero-order valence-corrected chi connectivity index (χ0v) is 21.0. The Labute approximate surface area is 207 Å². The molecule has 0 unspecified atom stereocenters. The lowest BCUT2D eigenvalue weighted by Crippen LogP contribution is -2.29. The molecule has 0 aliphatic carbocycles. The fourth-order valence-electron chi connectivity index (χ4n) is 3.78. The molecular formula is C24H30BrN7O2. The van der Waals surface area contributed by atoms with Gasteiger partial charge in [-0.15, -0.1) is 0 Å². The first-order valence-corrected chi connectivity index (χ1v) is 12.6. The van der Waals surface area contributed by atoms with E-state index in [1.165, 1.54) is 6.08 Å². The maximum atomic E-state index is 12.0. The van der Waals surface area contributed by atoms with Gasteiger partial charge in [0, 0.05) is 48.5 Å². The van der Waals surface area contributed by atoms with E-state index in [2.05, 4.69) is 50.8 Å². The molecule has 1 amide bonds. The van der Waals surface area contributed by atoms with Crippen molar-refractivity contribution >= 4 is 45.1 Å². The van der Waals surface area contributed by atoms with Crippen molar-refractivity contribution in [2.45, 2.75) is 45.2 Å². The molecule has 0 spiro atoms. The fraction of sp³-hybridized carbons (Fsp3) is 0.417. The molecule has 0 atom stereocenters. The highest BCUT2D eigenvalue weighted by atomic mass is 79.9. The summed E-state index contributed by atoms with van der Waals surface area (Å²) < 4.78 is 7.22. The van der Waals surface area contributed by atoms with Gasteiger partial charge in [-0.25, -0.2) is 0 Å². The number of ether oxygens (including phenoxy) is 1. The summed E-state index contributed by atoms with van der Waals surface area (Å²) in [5.41, 5.74) is 3.60. The van der Waals surface area contributed by atoms with Crippen LogP contribution in [0.25, 0.3) is 5.65 Å². The van der Waals surface area contributed by atoms with Crippen molar-refractivity contribution in [1.29, 1.82) is 0 Å². The van der Waals surface area contributed by atoms with Crippen LogP contribution in [0.1, 0.15) is 43.7 Å². The molecule has 3 N–H and O–H groups in total. The molecular weight excluding hydrogens is 498 g/mol. The number of benzene rings is 1. The number of halogens is 1. The maximum absolute atomic E-state index is 12.0. The number of rotatable bonds is 9. The summed E-state index contributed by atoms with van der Waals surface area (Å²) in [5, 5.41) is 14.9.